The van der Waals surface area contributed by atoms with Gasteiger partial charge in [-0.2, -0.15) is 0 Å². The Bertz CT molecular complexity index is 646. The van der Waals surface area contributed by atoms with E-state index in [1.54, 1.807) is 0 Å². The fraction of sp³-hybridized carbons (Fsp3) is 0.188. The number of nitrogens with zero attached hydrogens (tertiary/aromatic N) is 1. The molecule has 1 amide bonds. The number of amides is 1. The molecule has 108 valence electrons. The highest BCUT2D eigenvalue weighted by Gasteiger charge is 2.10. The van der Waals surface area contributed by atoms with Gasteiger partial charge in [-0.05, 0) is 35.7 Å². The molecule has 2 aromatic rings. The molecule has 0 atom stereocenters. The minimum atomic E-state index is -1.07. The summed E-state index contributed by atoms with van der Waals surface area (Å²) in [6.07, 6.45) is 1.17. The highest BCUT2D eigenvalue weighted by Crippen LogP contribution is 2.17. The van der Waals surface area contributed by atoms with Gasteiger partial charge in [0.25, 0.3) is 5.91 Å². The molecule has 2 N–H and O–H groups in total. The molecule has 1 aromatic carbocycles. The van der Waals surface area contributed by atoms with E-state index < -0.39 is 5.97 Å². The molecule has 0 aliphatic carbocycles. The van der Waals surface area contributed by atoms with Crippen LogP contribution in [-0.2, 0) is 0 Å². The molecule has 2 rings (SSSR count). The molecular formula is C16H16N2O3. The second-order valence-corrected chi connectivity index (χ2v) is 4.97. The first-order chi connectivity index (χ1) is 9.97. The van der Waals surface area contributed by atoms with Crippen molar-refractivity contribution in [2.75, 3.05) is 5.32 Å². The van der Waals surface area contributed by atoms with E-state index in [2.05, 4.69) is 24.1 Å². The Morgan fingerprint density at radius 2 is 1.76 bits per heavy atom. The predicted molar refractivity (Wildman–Crippen MR) is 79.7 cm³/mol. The van der Waals surface area contributed by atoms with Crippen molar-refractivity contribution in [3.63, 3.8) is 0 Å². The number of pyridine rings is 1. The van der Waals surface area contributed by atoms with Crippen molar-refractivity contribution in [2.24, 2.45) is 0 Å². The molecule has 21 heavy (non-hydrogen) atoms. The standard InChI is InChI=1S/C16H16N2O3/c1-10(2)11-3-6-13(7-4-11)18-15(19)14-8-5-12(9-17-14)16(20)21/h3-10H,1-2H3,(H,18,19)(H,20,21). The van der Waals surface area contributed by atoms with E-state index in [9.17, 15) is 9.59 Å². The molecule has 1 aromatic heterocycles. The molecule has 0 aliphatic rings. The fourth-order valence-corrected chi connectivity index (χ4v) is 1.80. The Hall–Kier alpha value is -2.69. The maximum Gasteiger partial charge on any atom is 0.337 e. The van der Waals surface area contributed by atoms with Crippen LogP contribution in [0, 0.1) is 0 Å². The van der Waals surface area contributed by atoms with Crippen LogP contribution in [0.2, 0.25) is 0 Å². The number of carboxylic acid groups (broad SMARTS) is 1. The molecule has 0 bridgehead atoms. The van der Waals surface area contributed by atoms with Crippen molar-refractivity contribution in [3.05, 3.63) is 59.4 Å². The number of hydrogen-bond acceptors (Lipinski definition) is 3. The third-order valence-corrected chi connectivity index (χ3v) is 3.08. The number of aromatic carboxylic acids is 1. The van der Waals surface area contributed by atoms with Crippen LogP contribution in [0.5, 0.6) is 0 Å². The second kappa shape index (κ2) is 6.17. The third-order valence-electron chi connectivity index (χ3n) is 3.08. The number of hydrogen-bond donors (Lipinski definition) is 2. The van der Waals surface area contributed by atoms with Crippen molar-refractivity contribution < 1.29 is 14.7 Å². The normalized spacial score (nSPS) is 10.4. The molecular weight excluding hydrogens is 268 g/mol. The lowest BCUT2D eigenvalue weighted by molar-refractivity contribution is 0.0696. The van der Waals surface area contributed by atoms with Gasteiger partial charge in [-0.3, -0.25) is 9.78 Å². The first-order valence-electron chi connectivity index (χ1n) is 6.58. The summed E-state index contributed by atoms with van der Waals surface area (Å²) in [6.45, 7) is 4.20. The van der Waals surface area contributed by atoms with Gasteiger partial charge in [-0.25, -0.2) is 4.79 Å². The molecule has 0 spiro atoms. The molecule has 0 fully saturated rings. The summed E-state index contributed by atoms with van der Waals surface area (Å²) in [5, 5.41) is 11.5. The molecule has 5 heteroatoms. The number of nitrogens with one attached hydrogen (secondary N) is 1. The number of anilines is 1. The van der Waals surface area contributed by atoms with Gasteiger partial charge >= 0.3 is 5.97 Å². The first kappa shape index (κ1) is 14.7. The van der Waals surface area contributed by atoms with E-state index in [0.29, 0.717) is 11.6 Å². The topological polar surface area (TPSA) is 79.3 Å². The molecule has 0 saturated heterocycles. The SMILES string of the molecule is CC(C)c1ccc(NC(=O)c2ccc(C(=O)O)cn2)cc1. The maximum atomic E-state index is 12.0. The Kier molecular flexibility index (Phi) is 4.33. The monoisotopic (exact) mass is 284 g/mol. The summed E-state index contributed by atoms with van der Waals surface area (Å²) >= 11 is 0. The zero-order chi connectivity index (χ0) is 15.4. The maximum absolute atomic E-state index is 12.0. The van der Waals surface area contributed by atoms with Crippen LogP contribution in [-0.4, -0.2) is 22.0 Å². The van der Waals surface area contributed by atoms with Crippen LogP contribution in [0.1, 0.15) is 46.2 Å². The summed E-state index contributed by atoms with van der Waals surface area (Å²) in [5.41, 5.74) is 2.09. The van der Waals surface area contributed by atoms with E-state index in [0.717, 1.165) is 0 Å². The molecule has 0 radical (unpaired) electrons. The van der Waals surface area contributed by atoms with Gasteiger partial charge in [0.05, 0.1) is 5.56 Å². The number of aromatic nitrogens is 1. The van der Waals surface area contributed by atoms with Crippen LogP contribution < -0.4 is 5.32 Å². The van der Waals surface area contributed by atoms with E-state index in [1.807, 2.05) is 24.3 Å². The summed E-state index contributed by atoms with van der Waals surface area (Å²) in [6, 6.07) is 10.3. The Morgan fingerprint density at radius 1 is 1.10 bits per heavy atom. The van der Waals surface area contributed by atoms with Crippen molar-refractivity contribution in [2.45, 2.75) is 19.8 Å². The average Bonchev–Trinajstić information content (AvgIpc) is 2.47. The lowest BCUT2D eigenvalue weighted by Crippen LogP contribution is -2.14. The van der Waals surface area contributed by atoms with Crippen molar-refractivity contribution in [3.8, 4) is 0 Å². The number of rotatable bonds is 4. The fourth-order valence-electron chi connectivity index (χ4n) is 1.80. The first-order valence-corrected chi connectivity index (χ1v) is 6.58. The van der Waals surface area contributed by atoms with Crippen LogP contribution in [0.4, 0.5) is 5.69 Å². The van der Waals surface area contributed by atoms with Crippen LogP contribution in [0.15, 0.2) is 42.6 Å². The third kappa shape index (κ3) is 3.66. The number of benzene rings is 1. The minimum Gasteiger partial charge on any atom is -0.478 e. The van der Waals surface area contributed by atoms with Gasteiger partial charge in [-0.1, -0.05) is 26.0 Å². The van der Waals surface area contributed by atoms with E-state index in [1.165, 1.54) is 23.9 Å². The van der Waals surface area contributed by atoms with Crippen LogP contribution in [0.3, 0.4) is 0 Å². The molecule has 5 nitrogen and oxygen atoms in total. The van der Waals surface area contributed by atoms with Gasteiger partial charge in [0.2, 0.25) is 0 Å². The zero-order valence-corrected chi connectivity index (χ0v) is 11.8. The highest BCUT2D eigenvalue weighted by molar-refractivity contribution is 6.03. The second-order valence-electron chi connectivity index (χ2n) is 4.97. The van der Waals surface area contributed by atoms with Crippen molar-refractivity contribution >= 4 is 17.6 Å². The molecule has 0 saturated carbocycles. The smallest absolute Gasteiger partial charge is 0.337 e. The lowest BCUT2D eigenvalue weighted by atomic mass is 10.0. The molecule has 1 heterocycles. The van der Waals surface area contributed by atoms with Gasteiger partial charge in [0.1, 0.15) is 5.69 Å². The van der Waals surface area contributed by atoms with Gasteiger partial charge in [-0.15, -0.1) is 0 Å². The van der Waals surface area contributed by atoms with E-state index >= 15 is 0 Å². The Balaban J connectivity index is 2.08. The predicted octanol–water partition coefficient (Wildman–Crippen LogP) is 3.16. The number of carboxylic acids is 1. The summed E-state index contributed by atoms with van der Waals surface area (Å²) in [7, 11) is 0. The van der Waals surface area contributed by atoms with Gasteiger partial charge in [0, 0.05) is 11.9 Å². The molecule has 0 aliphatic heterocycles. The Morgan fingerprint density at radius 3 is 2.24 bits per heavy atom. The lowest BCUT2D eigenvalue weighted by Gasteiger charge is -2.08. The van der Waals surface area contributed by atoms with E-state index in [4.69, 9.17) is 5.11 Å². The largest absolute Gasteiger partial charge is 0.478 e. The Labute approximate surface area is 122 Å². The van der Waals surface area contributed by atoms with Crippen molar-refractivity contribution in [1.29, 1.82) is 0 Å². The summed E-state index contributed by atoms with van der Waals surface area (Å²) < 4.78 is 0. The van der Waals surface area contributed by atoms with Crippen LogP contribution in [0.25, 0.3) is 0 Å². The summed E-state index contributed by atoms with van der Waals surface area (Å²) in [4.78, 5) is 26.6. The van der Waals surface area contributed by atoms with Crippen molar-refractivity contribution in [1.82, 2.24) is 4.98 Å². The molecule has 0 unspecified atom stereocenters. The number of carbonyl (C=O) groups excluding carboxylic acids is 1. The van der Waals surface area contributed by atoms with Gasteiger partial charge in [0.15, 0.2) is 0 Å². The average molecular weight is 284 g/mol. The number of carbonyl (C=O) groups is 2. The van der Waals surface area contributed by atoms with E-state index in [-0.39, 0.29) is 17.2 Å². The van der Waals surface area contributed by atoms with Gasteiger partial charge < -0.3 is 10.4 Å². The minimum absolute atomic E-state index is 0.0489. The zero-order valence-electron chi connectivity index (χ0n) is 11.8. The van der Waals surface area contributed by atoms with Crippen LogP contribution >= 0.6 is 0 Å². The summed E-state index contributed by atoms with van der Waals surface area (Å²) in [5.74, 6) is -1.01. The highest BCUT2D eigenvalue weighted by atomic mass is 16.4. The quantitative estimate of drug-likeness (QED) is 0.903.